The second kappa shape index (κ2) is 7.07. The molecule has 118 valence electrons. The molecule has 5 nitrogen and oxygen atoms in total. The zero-order valence-corrected chi connectivity index (χ0v) is 13.5. The molecule has 1 aliphatic rings. The Morgan fingerprint density at radius 3 is 3.14 bits per heavy atom. The third-order valence-corrected chi connectivity index (χ3v) is 4.87. The first-order chi connectivity index (χ1) is 10.7. The van der Waals surface area contributed by atoms with E-state index in [0.717, 1.165) is 29.6 Å². The molecule has 0 spiro atoms. The van der Waals surface area contributed by atoms with E-state index in [9.17, 15) is 0 Å². The van der Waals surface area contributed by atoms with E-state index in [1.165, 1.54) is 23.4 Å². The van der Waals surface area contributed by atoms with Gasteiger partial charge in [0, 0.05) is 10.9 Å². The van der Waals surface area contributed by atoms with Crippen molar-refractivity contribution in [2.45, 2.75) is 32.7 Å². The molecule has 2 aromatic heterocycles. The summed E-state index contributed by atoms with van der Waals surface area (Å²) in [4.78, 5) is 10.4. The molecule has 0 bridgehead atoms. The van der Waals surface area contributed by atoms with Crippen molar-refractivity contribution in [1.82, 2.24) is 9.97 Å². The lowest BCUT2D eigenvalue weighted by Gasteiger charge is -2.15. The van der Waals surface area contributed by atoms with E-state index >= 15 is 0 Å². The van der Waals surface area contributed by atoms with Gasteiger partial charge in [-0.1, -0.05) is 6.92 Å². The summed E-state index contributed by atoms with van der Waals surface area (Å²) in [5.74, 6) is 1.31. The summed E-state index contributed by atoms with van der Waals surface area (Å²) in [6.07, 6.45) is 5.28. The molecule has 0 fully saturated rings. The summed E-state index contributed by atoms with van der Waals surface area (Å²) < 4.78 is 5.24. The third kappa shape index (κ3) is 3.75. The van der Waals surface area contributed by atoms with Gasteiger partial charge in [-0.15, -0.1) is 11.3 Å². The molecule has 2 heterocycles. The van der Waals surface area contributed by atoms with Crippen LogP contribution in [0.5, 0.6) is 5.88 Å². The molecule has 0 aromatic carbocycles. The van der Waals surface area contributed by atoms with Gasteiger partial charge in [0.2, 0.25) is 5.88 Å². The highest BCUT2D eigenvalue weighted by Crippen LogP contribution is 2.30. The van der Waals surface area contributed by atoms with Gasteiger partial charge < -0.3 is 15.2 Å². The summed E-state index contributed by atoms with van der Waals surface area (Å²) in [6.45, 7) is 3.30. The van der Waals surface area contributed by atoms with Crippen LogP contribution in [0.15, 0.2) is 18.3 Å². The number of aryl methyl sites for hydroxylation is 1. The minimum atomic E-state index is -0.00495. The molecular formula is C16H21N3O2S. The van der Waals surface area contributed by atoms with Crippen LogP contribution >= 0.6 is 11.3 Å². The van der Waals surface area contributed by atoms with Gasteiger partial charge in [0.05, 0.1) is 30.7 Å². The highest BCUT2D eigenvalue weighted by atomic mass is 32.1. The quantitative estimate of drug-likeness (QED) is 0.857. The summed E-state index contributed by atoms with van der Waals surface area (Å²) in [6, 6.07) is 3.72. The maximum atomic E-state index is 8.71. The van der Waals surface area contributed by atoms with Crippen LogP contribution in [0.2, 0.25) is 0 Å². The lowest BCUT2D eigenvalue weighted by molar-refractivity contribution is 0.196. The molecule has 0 amide bonds. The van der Waals surface area contributed by atoms with Crippen LogP contribution in [-0.4, -0.2) is 28.3 Å². The van der Waals surface area contributed by atoms with Crippen LogP contribution < -0.4 is 10.1 Å². The van der Waals surface area contributed by atoms with Gasteiger partial charge in [-0.05, 0) is 31.2 Å². The van der Waals surface area contributed by atoms with Crippen molar-refractivity contribution in [2.75, 3.05) is 18.5 Å². The van der Waals surface area contributed by atoms with E-state index in [0.29, 0.717) is 5.88 Å². The molecule has 22 heavy (non-hydrogen) atoms. The van der Waals surface area contributed by atoms with E-state index in [4.69, 9.17) is 14.8 Å². The molecule has 1 unspecified atom stereocenters. The first kappa shape index (κ1) is 15.2. The predicted octanol–water partition coefficient (Wildman–Crippen LogP) is 2.65. The zero-order valence-electron chi connectivity index (χ0n) is 12.7. The topological polar surface area (TPSA) is 67.3 Å². The minimum Gasteiger partial charge on any atom is -0.475 e. The summed E-state index contributed by atoms with van der Waals surface area (Å²) >= 11 is 1.83. The minimum absolute atomic E-state index is 0.00495. The monoisotopic (exact) mass is 319 g/mol. The Morgan fingerprint density at radius 1 is 1.45 bits per heavy atom. The standard InChI is InChI=1S/C16H21N3O2S/c1-11-2-4-13-14(8-11)22-16(19-13)10-17-12-3-5-15(18-9-12)21-7-6-20/h3,5,9,11,17,20H,2,4,6-8,10H2,1H3. The molecule has 6 heteroatoms. The number of rotatable bonds is 6. The Morgan fingerprint density at radius 2 is 2.36 bits per heavy atom. The number of aliphatic hydroxyl groups is 1. The second-order valence-corrected chi connectivity index (χ2v) is 6.80. The molecular weight excluding hydrogens is 298 g/mol. The molecule has 0 radical (unpaired) electrons. The van der Waals surface area contributed by atoms with Gasteiger partial charge in [-0.3, -0.25) is 0 Å². The number of hydrogen-bond donors (Lipinski definition) is 2. The number of fused-ring (bicyclic) bond motifs is 1. The van der Waals surface area contributed by atoms with E-state index in [-0.39, 0.29) is 13.2 Å². The number of ether oxygens (including phenoxy) is 1. The summed E-state index contributed by atoms with van der Waals surface area (Å²) in [5, 5.41) is 13.2. The average molecular weight is 319 g/mol. The van der Waals surface area contributed by atoms with Crippen molar-refractivity contribution in [3.63, 3.8) is 0 Å². The van der Waals surface area contributed by atoms with Gasteiger partial charge in [-0.2, -0.15) is 0 Å². The molecule has 0 saturated heterocycles. The van der Waals surface area contributed by atoms with E-state index < -0.39 is 0 Å². The Kier molecular flexibility index (Phi) is 4.90. The van der Waals surface area contributed by atoms with Crippen molar-refractivity contribution >= 4 is 17.0 Å². The predicted molar refractivity (Wildman–Crippen MR) is 87.4 cm³/mol. The maximum absolute atomic E-state index is 8.71. The Labute approximate surface area is 134 Å². The van der Waals surface area contributed by atoms with Gasteiger partial charge >= 0.3 is 0 Å². The van der Waals surface area contributed by atoms with E-state index in [2.05, 4.69) is 17.2 Å². The first-order valence-corrected chi connectivity index (χ1v) is 8.47. The molecule has 1 atom stereocenters. The lowest BCUT2D eigenvalue weighted by atomic mass is 9.93. The van der Waals surface area contributed by atoms with Crippen LogP contribution in [0.25, 0.3) is 0 Å². The fourth-order valence-corrected chi connectivity index (χ4v) is 3.79. The van der Waals surface area contributed by atoms with Crippen LogP contribution in [0.3, 0.4) is 0 Å². The average Bonchev–Trinajstić information content (AvgIpc) is 2.94. The van der Waals surface area contributed by atoms with Crippen molar-refractivity contribution in [3.8, 4) is 5.88 Å². The van der Waals surface area contributed by atoms with Crippen molar-refractivity contribution in [2.24, 2.45) is 5.92 Å². The smallest absolute Gasteiger partial charge is 0.213 e. The third-order valence-electron chi connectivity index (χ3n) is 3.75. The van der Waals surface area contributed by atoms with Crippen molar-refractivity contribution < 1.29 is 9.84 Å². The van der Waals surface area contributed by atoms with Gasteiger partial charge in [0.25, 0.3) is 0 Å². The number of hydrogen-bond acceptors (Lipinski definition) is 6. The maximum Gasteiger partial charge on any atom is 0.213 e. The number of nitrogens with zero attached hydrogens (tertiary/aromatic N) is 2. The number of pyridine rings is 1. The van der Waals surface area contributed by atoms with Crippen molar-refractivity contribution in [3.05, 3.63) is 33.9 Å². The van der Waals surface area contributed by atoms with E-state index in [1.807, 2.05) is 17.4 Å². The first-order valence-electron chi connectivity index (χ1n) is 7.65. The second-order valence-electron chi connectivity index (χ2n) is 5.64. The zero-order chi connectivity index (χ0) is 15.4. The molecule has 2 N–H and O–H groups in total. The highest BCUT2D eigenvalue weighted by molar-refractivity contribution is 7.11. The molecule has 0 saturated carbocycles. The number of thiazole rings is 1. The van der Waals surface area contributed by atoms with Crippen molar-refractivity contribution in [1.29, 1.82) is 0 Å². The number of aromatic nitrogens is 2. The van der Waals surface area contributed by atoms with Crippen LogP contribution in [-0.2, 0) is 19.4 Å². The summed E-state index contributed by atoms with van der Waals surface area (Å²) in [5.41, 5.74) is 2.24. The molecule has 1 aliphatic carbocycles. The molecule has 0 aliphatic heterocycles. The lowest BCUT2D eigenvalue weighted by Crippen LogP contribution is -2.09. The Balaban J connectivity index is 1.56. The van der Waals surface area contributed by atoms with Gasteiger partial charge in [0.15, 0.2) is 0 Å². The Bertz CT molecular complexity index is 612. The largest absolute Gasteiger partial charge is 0.475 e. The fourth-order valence-electron chi connectivity index (χ4n) is 2.57. The Hall–Kier alpha value is -1.66. The van der Waals surface area contributed by atoms with Gasteiger partial charge in [-0.25, -0.2) is 9.97 Å². The molecule has 2 aromatic rings. The molecule has 3 rings (SSSR count). The van der Waals surface area contributed by atoms with Crippen LogP contribution in [0, 0.1) is 5.92 Å². The summed E-state index contributed by atoms with van der Waals surface area (Å²) in [7, 11) is 0. The number of nitrogens with one attached hydrogen (secondary N) is 1. The van der Waals surface area contributed by atoms with E-state index in [1.54, 1.807) is 12.3 Å². The van der Waals surface area contributed by atoms with Gasteiger partial charge in [0.1, 0.15) is 11.6 Å². The normalized spacial score (nSPS) is 17.1. The number of anilines is 1. The van der Waals surface area contributed by atoms with Crippen LogP contribution in [0.1, 0.15) is 28.9 Å². The fraction of sp³-hybridized carbons (Fsp3) is 0.500. The van der Waals surface area contributed by atoms with Crippen LogP contribution in [0.4, 0.5) is 5.69 Å². The number of aliphatic hydroxyl groups excluding tert-OH is 1. The SMILES string of the molecule is CC1CCc2nc(CNc3ccc(OCCO)nc3)sc2C1. The highest BCUT2D eigenvalue weighted by Gasteiger charge is 2.19.